The highest BCUT2D eigenvalue weighted by Crippen LogP contribution is 2.27. The van der Waals surface area contributed by atoms with Crippen molar-refractivity contribution in [2.24, 2.45) is 0 Å². The highest BCUT2D eigenvalue weighted by Gasteiger charge is 2.31. The summed E-state index contributed by atoms with van der Waals surface area (Å²) in [4.78, 5) is 25.4. The average Bonchev–Trinajstić information content (AvgIpc) is 2.75. The second-order valence-corrected chi connectivity index (χ2v) is 3.14. The summed E-state index contributed by atoms with van der Waals surface area (Å²) in [6.45, 7) is 0. The predicted octanol–water partition coefficient (Wildman–Crippen LogP) is 1.89. The lowest BCUT2D eigenvalue weighted by atomic mass is 10.2. The molecule has 2 aromatic rings. The molecule has 0 spiro atoms. The van der Waals surface area contributed by atoms with Gasteiger partial charge in [0.05, 0.1) is 5.56 Å². The molecule has 0 unspecified atom stereocenters. The van der Waals surface area contributed by atoms with Crippen LogP contribution < -0.4 is 0 Å². The van der Waals surface area contributed by atoms with Gasteiger partial charge in [0.1, 0.15) is 0 Å². The van der Waals surface area contributed by atoms with Crippen molar-refractivity contribution in [1.29, 1.82) is 0 Å². The molecule has 0 saturated carbocycles. The van der Waals surface area contributed by atoms with Crippen LogP contribution >= 0.6 is 0 Å². The fraction of sp³-hybridized carbons (Fsp3) is 0. The van der Waals surface area contributed by atoms with Crippen LogP contribution in [0.1, 0.15) is 0 Å². The molecule has 2 rings (SSSR count). The number of hydrogen-bond donors (Lipinski definition) is 1. The zero-order chi connectivity index (χ0) is 12.4. The van der Waals surface area contributed by atoms with E-state index in [0.717, 1.165) is 0 Å². The Balaban J connectivity index is 2.55. The van der Waals surface area contributed by atoms with Gasteiger partial charge in [-0.2, -0.15) is 4.98 Å². The van der Waals surface area contributed by atoms with Crippen LogP contribution in [0.3, 0.4) is 0 Å². The Kier molecular flexibility index (Phi) is 2.53. The quantitative estimate of drug-likeness (QED) is 0.643. The lowest BCUT2D eigenvalue weighted by Gasteiger charge is -1.88. The average molecular weight is 234 g/mol. The van der Waals surface area contributed by atoms with E-state index in [0.29, 0.717) is 5.56 Å². The van der Waals surface area contributed by atoms with E-state index in [9.17, 15) is 20.2 Å². The van der Waals surface area contributed by atoms with Gasteiger partial charge >= 0.3 is 17.5 Å². The number of aromatic amines is 1. The van der Waals surface area contributed by atoms with Crippen molar-refractivity contribution in [3.63, 3.8) is 0 Å². The highest BCUT2D eigenvalue weighted by molar-refractivity contribution is 5.60. The molecular weight excluding hydrogens is 228 g/mol. The lowest BCUT2D eigenvalue weighted by molar-refractivity contribution is -0.427. The fourth-order valence-electron chi connectivity index (χ4n) is 1.34. The van der Waals surface area contributed by atoms with E-state index in [1.807, 2.05) is 0 Å². The minimum absolute atomic E-state index is 0.101. The summed E-state index contributed by atoms with van der Waals surface area (Å²) in [6.07, 6.45) is 0. The zero-order valence-corrected chi connectivity index (χ0v) is 8.36. The van der Waals surface area contributed by atoms with E-state index in [4.69, 9.17) is 0 Å². The molecule has 8 nitrogen and oxygen atoms in total. The van der Waals surface area contributed by atoms with Gasteiger partial charge in [0, 0.05) is 4.98 Å². The predicted molar refractivity (Wildman–Crippen MR) is 57.3 cm³/mol. The molecule has 1 aromatic carbocycles. The molecule has 0 aliphatic carbocycles. The first-order valence-electron chi connectivity index (χ1n) is 4.54. The highest BCUT2D eigenvalue weighted by atomic mass is 16.6. The van der Waals surface area contributed by atoms with Crippen LogP contribution in [-0.2, 0) is 0 Å². The maximum absolute atomic E-state index is 10.6. The Morgan fingerprint density at radius 1 is 1.06 bits per heavy atom. The van der Waals surface area contributed by atoms with Gasteiger partial charge in [-0.15, -0.1) is 0 Å². The summed E-state index contributed by atoms with van der Waals surface area (Å²) in [6, 6.07) is 8.46. The van der Waals surface area contributed by atoms with Gasteiger partial charge in [-0.05, 0) is 22.0 Å². The molecule has 17 heavy (non-hydrogen) atoms. The minimum Gasteiger partial charge on any atom is -0.358 e. The standard InChI is InChI=1S/C9H6N4O4/c14-12(15)8-9(13(16)17)11-7(10-8)6-4-2-1-3-5-6/h1-5H,(H,10,11). The van der Waals surface area contributed by atoms with Crippen molar-refractivity contribution in [1.82, 2.24) is 9.97 Å². The maximum Gasteiger partial charge on any atom is 0.462 e. The number of aromatic nitrogens is 2. The number of nitrogens with one attached hydrogen (secondary N) is 1. The third-order valence-corrected chi connectivity index (χ3v) is 2.07. The van der Waals surface area contributed by atoms with Gasteiger partial charge < -0.3 is 20.2 Å². The van der Waals surface area contributed by atoms with Crippen molar-refractivity contribution in [3.8, 4) is 11.4 Å². The number of benzene rings is 1. The zero-order valence-electron chi connectivity index (χ0n) is 8.36. The first kappa shape index (κ1) is 10.7. The van der Waals surface area contributed by atoms with Crippen molar-refractivity contribution in [3.05, 3.63) is 50.6 Å². The van der Waals surface area contributed by atoms with E-state index in [1.54, 1.807) is 30.3 Å². The Morgan fingerprint density at radius 3 is 2.18 bits per heavy atom. The molecule has 0 bridgehead atoms. The number of hydrogen-bond acceptors (Lipinski definition) is 5. The summed E-state index contributed by atoms with van der Waals surface area (Å²) < 4.78 is 0. The Bertz CT molecular complexity index is 546. The Morgan fingerprint density at radius 2 is 1.71 bits per heavy atom. The molecule has 0 aliphatic heterocycles. The number of H-pyrrole nitrogens is 1. The summed E-state index contributed by atoms with van der Waals surface area (Å²) in [5.74, 6) is -1.40. The van der Waals surface area contributed by atoms with E-state index < -0.39 is 21.5 Å². The minimum atomic E-state index is -0.888. The SMILES string of the molecule is O=[N+]([O-])c1nc(-c2ccccc2)[nH]c1[N+](=O)[O-]. The monoisotopic (exact) mass is 234 g/mol. The first-order valence-corrected chi connectivity index (χ1v) is 4.54. The smallest absolute Gasteiger partial charge is 0.358 e. The molecule has 1 aromatic heterocycles. The number of nitrogens with zero attached hydrogens (tertiary/aromatic N) is 3. The summed E-state index contributed by atoms with van der Waals surface area (Å²) in [5, 5.41) is 21.2. The van der Waals surface area contributed by atoms with Crippen LogP contribution in [0.25, 0.3) is 11.4 Å². The molecular formula is C9H6N4O4. The van der Waals surface area contributed by atoms with Crippen molar-refractivity contribution in [2.45, 2.75) is 0 Å². The molecule has 86 valence electrons. The molecule has 0 amide bonds. The van der Waals surface area contributed by atoms with Crippen LogP contribution in [0.4, 0.5) is 11.6 Å². The van der Waals surface area contributed by atoms with Gasteiger partial charge in [-0.3, -0.25) is 0 Å². The van der Waals surface area contributed by atoms with Gasteiger partial charge in [-0.1, -0.05) is 18.2 Å². The molecule has 8 heteroatoms. The normalized spacial score (nSPS) is 10.1. The maximum atomic E-state index is 10.6. The van der Waals surface area contributed by atoms with Gasteiger partial charge in [0.25, 0.3) is 0 Å². The first-order chi connectivity index (χ1) is 8.09. The molecule has 0 radical (unpaired) electrons. The van der Waals surface area contributed by atoms with Crippen LogP contribution in [-0.4, -0.2) is 19.8 Å². The van der Waals surface area contributed by atoms with E-state index in [1.165, 1.54) is 0 Å². The fourth-order valence-corrected chi connectivity index (χ4v) is 1.34. The summed E-state index contributed by atoms with van der Waals surface area (Å²) >= 11 is 0. The molecule has 1 heterocycles. The molecule has 1 N–H and O–H groups in total. The third kappa shape index (κ3) is 1.95. The molecule has 0 saturated heterocycles. The largest absolute Gasteiger partial charge is 0.462 e. The second kappa shape index (κ2) is 4.00. The Labute approximate surface area is 94.2 Å². The third-order valence-electron chi connectivity index (χ3n) is 2.07. The number of rotatable bonds is 3. The van der Waals surface area contributed by atoms with Crippen LogP contribution in [0.2, 0.25) is 0 Å². The van der Waals surface area contributed by atoms with E-state index in [-0.39, 0.29) is 5.82 Å². The van der Waals surface area contributed by atoms with Gasteiger partial charge in [0.2, 0.25) is 0 Å². The number of nitro groups is 2. The molecule has 0 aliphatic rings. The van der Waals surface area contributed by atoms with Crippen molar-refractivity contribution < 1.29 is 9.85 Å². The Hall–Kier alpha value is -2.77. The topological polar surface area (TPSA) is 115 Å². The van der Waals surface area contributed by atoms with Gasteiger partial charge in [-0.25, -0.2) is 0 Å². The van der Waals surface area contributed by atoms with Gasteiger partial charge in [0.15, 0.2) is 0 Å². The van der Waals surface area contributed by atoms with Crippen molar-refractivity contribution in [2.75, 3.05) is 0 Å². The van der Waals surface area contributed by atoms with Crippen molar-refractivity contribution >= 4 is 11.6 Å². The number of imidazole rings is 1. The molecule has 0 fully saturated rings. The summed E-state index contributed by atoms with van der Waals surface area (Å²) in [7, 11) is 0. The van der Waals surface area contributed by atoms with E-state index in [2.05, 4.69) is 9.97 Å². The van der Waals surface area contributed by atoms with Crippen LogP contribution in [0, 0.1) is 20.2 Å². The van der Waals surface area contributed by atoms with E-state index >= 15 is 0 Å². The van der Waals surface area contributed by atoms with Crippen LogP contribution in [0.5, 0.6) is 0 Å². The summed E-state index contributed by atoms with van der Waals surface area (Å²) in [5.41, 5.74) is 0.545. The van der Waals surface area contributed by atoms with Crippen LogP contribution in [0.15, 0.2) is 30.3 Å². The molecule has 0 atom stereocenters. The lowest BCUT2D eigenvalue weighted by Crippen LogP contribution is -1.94. The second-order valence-electron chi connectivity index (χ2n) is 3.14.